The molecule has 0 aliphatic heterocycles. The zero-order valence-electron chi connectivity index (χ0n) is 10.7. The molecule has 19 heavy (non-hydrogen) atoms. The van der Waals surface area contributed by atoms with Crippen molar-refractivity contribution in [1.29, 1.82) is 0 Å². The minimum atomic E-state index is -0.116. The molecule has 0 radical (unpaired) electrons. The molecule has 0 atom stereocenters. The maximum Gasteiger partial charge on any atom is 0.248 e. The van der Waals surface area contributed by atoms with E-state index in [-0.39, 0.29) is 5.91 Å². The molecule has 0 unspecified atom stereocenters. The Kier molecular flexibility index (Phi) is 4.56. The zero-order chi connectivity index (χ0) is 13.8. The van der Waals surface area contributed by atoms with Crippen LogP contribution in [0.2, 0.25) is 0 Å². The number of anilines is 1. The third-order valence-corrected chi connectivity index (χ3v) is 4.73. The Morgan fingerprint density at radius 3 is 2.58 bits per heavy atom. The molecule has 0 bridgehead atoms. The molecular formula is C15H14BrNOS. The average molecular weight is 336 g/mol. The quantitative estimate of drug-likeness (QED) is 0.803. The summed E-state index contributed by atoms with van der Waals surface area (Å²) in [5.41, 5.74) is 3.04. The Balaban J connectivity index is 2.07. The van der Waals surface area contributed by atoms with Crippen LogP contribution < -0.4 is 5.32 Å². The molecule has 0 aliphatic carbocycles. The van der Waals surface area contributed by atoms with Crippen LogP contribution in [-0.4, -0.2) is 5.91 Å². The first-order chi connectivity index (χ1) is 9.06. The van der Waals surface area contributed by atoms with Gasteiger partial charge in [0.05, 0.1) is 0 Å². The van der Waals surface area contributed by atoms with Crippen molar-refractivity contribution in [2.75, 3.05) is 5.32 Å². The van der Waals surface area contributed by atoms with E-state index < -0.39 is 0 Å². The third-order valence-electron chi connectivity index (χ3n) is 2.65. The molecule has 0 saturated heterocycles. The lowest BCUT2D eigenvalue weighted by Gasteiger charge is -2.08. The summed E-state index contributed by atoms with van der Waals surface area (Å²) < 4.78 is 1.08. The summed E-state index contributed by atoms with van der Waals surface area (Å²) in [5.74, 6) is -0.116. The number of carbonyl (C=O) groups excluding carboxylic acids is 1. The summed E-state index contributed by atoms with van der Waals surface area (Å²) in [7, 11) is 0. The Morgan fingerprint density at radius 1 is 1.32 bits per heavy atom. The zero-order valence-corrected chi connectivity index (χ0v) is 13.1. The van der Waals surface area contributed by atoms with Crippen LogP contribution >= 0.6 is 27.3 Å². The number of aryl methyl sites for hydroxylation is 2. The van der Waals surface area contributed by atoms with Gasteiger partial charge in [-0.1, -0.05) is 22.0 Å². The van der Waals surface area contributed by atoms with Crippen LogP contribution in [0, 0.1) is 13.8 Å². The first kappa shape index (κ1) is 14.0. The van der Waals surface area contributed by atoms with Crippen LogP contribution in [0.5, 0.6) is 0 Å². The molecule has 0 aliphatic rings. The Morgan fingerprint density at radius 2 is 2.00 bits per heavy atom. The van der Waals surface area contributed by atoms with Crippen LogP contribution in [0.3, 0.4) is 0 Å². The second kappa shape index (κ2) is 6.17. The highest BCUT2D eigenvalue weighted by Gasteiger charge is 2.04. The standard InChI is InChI=1S/C15H14BrNOS/c1-10-8-12(9-11(2)15(10)16)17-14(18)6-5-13-4-3-7-19-13/h3-9H,1-2H3,(H,17,18)/b6-5+. The van der Waals surface area contributed by atoms with Crippen molar-refractivity contribution in [2.45, 2.75) is 13.8 Å². The van der Waals surface area contributed by atoms with Crippen molar-refractivity contribution in [3.05, 3.63) is 56.2 Å². The van der Waals surface area contributed by atoms with E-state index >= 15 is 0 Å². The van der Waals surface area contributed by atoms with Gasteiger partial charge in [-0.05, 0) is 54.6 Å². The number of thiophene rings is 1. The number of rotatable bonds is 3. The summed E-state index contributed by atoms with van der Waals surface area (Å²) in [4.78, 5) is 12.9. The molecular weight excluding hydrogens is 322 g/mol. The lowest BCUT2D eigenvalue weighted by Crippen LogP contribution is -2.08. The molecule has 98 valence electrons. The van der Waals surface area contributed by atoms with E-state index in [0.29, 0.717) is 0 Å². The molecule has 1 amide bonds. The predicted molar refractivity (Wildman–Crippen MR) is 85.6 cm³/mol. The monoisotopic (exact) mass is 335 g/mol. The summed E-state index contributed by atoms with van der Waals surface area (Å²) in [6.45, 7) is 4.02. The van der Waals surface area contributed by atoms with Gasteiger partial charge in [0.2, 0.25) is 5.91 Å². The highest BCUT2D eigenvalue weighted by Crippen LogP contribution is 2.25. The normalized spacial score (nSPS) is 10.9. The van der Waals surface area contributed by atoms with Crippen LogP contribution in [0.15, 0.2) is 40.2 Å². The Hall–Kier alpha value is -1.39. The van der Waals surface area contributed by atoms with Crippen molar-refractivity contribution in [1.82, 2.24) is 0 Å². The molecule has 1 aromatic carbocycles. The van der Waals surface area contributed by atoms with E-state index in [1.165, 1.54) is 0 Å². The number of amides is 1. The van der Waals surface area contributed by atoms with Crippen LogP contribution in [-0.2, 0) is 4.79 Å². The minimum Gasteiger partial charge on any atom is -0.322 e. The molecule has 2 aromatic rings. The lowest BCUT2D eigenvalue weighted by atomic mass is 10.1. The molecule has 1 heterocycles. The number of hydrogen-bond acceptors (Lipinski definition) is 2. The average Bonchev–Trinajstić information content (AvgIpc) is 2.86. The maximum absolute atomic E-state index is 11.8. The van der Waals surface area contributed by atoms with Gasteiger partial charge in [0.1, 0.15) is 0 Å². The van der Waals surface area contributed by atoms with Gasteiger partial charge in [0.25, 0.3) is 0 Å². The molecule has 4 heteroatoms. The number of benzene rings is 1. The fourth-order valence-corrected chi connectivity index (χ4v) is 2.59. The second-order valence-electron chi connectivity index (χ2n) is 4.26. The van der Waals surface area contributed by atoms with Gasteiger partial charge in [-0.25, -0.2) is 0 Å². The van der Waals surface area contributed by atoms with Gasteiger partial charge >= 0.3 is 0 Å². The third kappa shape index (κ3) is 3.78. The van der Waals surface area contributed by atoms with Gasteiger partial charge in [-0.2, -0.15) is 0 Å². The molecule has 2 nitrogen and oxygen atoms in total. The summed E-state index contributed by atoms with van der Waals surface area (Å²) in [6.07, 6.45) is 3.37. The molecule has 0 fully saturated rings. The van der Waals surface area contributed by atoms with E-state index in [9.17, 15) is 4.79 Å². The highest BCUT2D eigenvalue weighted by atomic mass is 79.9. The lowest BCUT2D eigenvalue weighted by molar-refractivity contribution is -0.111. The summed E-state index contributed by atoms with van der Waals surface area (Å²) >= 11 is 5.12. The van der Waals surface area contributed by atoms with Crippen molar-refractivity contribution in [3.8, 4) is 0 Å². The van der Waals surface area contributed by atoms with Crippen molar-refractivity contribution < 1.29 is 4.79 Å². The first-order valence-electron chi connectivity index (χ1n) is 5.85. The molecule has 2 rings (SSSR count). The number of hydrogen-bond donors (Lipinski definition) is 1. The molecule has 1 aromatic heterocycles. The van der Waals surface area contributed by atoms with Crippen molar-refractivity contribution >= 4 is 44.9 Å². The maximum atomic E-state index is 11.8. The van der Waals surface area contributed by atoms with Gasteiger partial charge < -0.3 is 5.32 Å². The van der Waals surface area contributed by atoms with Crippen molar-refractivity contribution in [3.63, 3.8) is 0 Å². The second-order valence-corrected chi connectivity index (χ2v) is 6.03. The van der Waals surface area contributed by atoms with Crippen molar-refractivity contribution in [2.24, 2.45) is 0 Å². The van der Waals surface area contributed by atoms with E-state index in [1.807, 2.05) is 49.6 Å². The molecule has 0 spiro atoms. The fraction of sp³-hybridized carbons (Fsp3) is 0.133. The van der Waals surface area contributed by atoms with Gasteiger partial charge in [0, 0.05) is 21.1 Å². The minimum absolute atomic E-state index is 0.116. The SMILES string of the molecule is Cc1cc(NC(=O)/C=C/c2cccs2)cc(C)c1Br. The van der Waals surface area contributed by atoms with E-state index in [2.05, 4.69) is 21.2 Å². The van der Waals surface area contributed by atoms with Crippen LogP contribution in [0.4, 0.5) is 5.69 Å². The fourth-order valence-electron chi connectivity index (χ4n) is 1.75. The van der Waals surface area contributed by atoms with Gasteiger partial charge in [0.15, 0.2) is 0 Å². The summed E-state index contributed by atoms with van der Waals surface area (Å²) in [5, 5.41) is 4.86. The van der Waals surface area contributed by atoms with Crippen LogP contribution in [0.1, 0.15) is 16.0 Å². The summed E-state index contributed by atoms with van der Waals surface area (Å²) in [6, 6.07) is 7.84. The number of carbonyl (C=O) groups is 1. The van der Waals surface area contributed by atoms with E-state index in [0.717, 1.165) is 26.2 Å². The smallest absolute Gasteiger partial charge is 0.248 e. The highest BCUT2D eigenvalue weighted by molar-refractivity contribution is 9.10. The predicted octanol–water partition coefficient (Wildman–Crippen LogP) is 4.78. The Bertz CT molecular complexity index is 594. The topological polar surface area (TPSA) is 29.1 Å². The Labute approximate surface area is 125 Å². The largest absolute Gasteiger partial charge is 0.322 e. The van der Waals surface area contributed by atoms with Gasteiger partial charge in [-0.15, -0.1) is 11.3 Å². The van der Waals surface area contributed by atoms with Crippen LogP contribution in [0.25, 0.3) is 6.08 Å². The van der Waals surface area contributed by atoms with Gasteiger partial charge in [-0.3, -0.25) is 4.79 Å². The first-order valence-corrected chi connectivity index (χ1v) is 7.53. The number of halogens is 1. The number of nitrogens with one attached hydrogen (secondary N) is 1. The van der Waals surface area contributed by atoms with E-state index in [1.54, 1.807) is 17.4 Å². The van der Waals surface area contributed by atoms with E-state index in [4.69, 9.17) is 0 Å². The molecule has 1 N–H and O–H groups in total. The molecule has 0 saturated carbocycles.